The fraction of sp³-hybridized carbons (Fsp3) is 0.909. The van der Waals surface area contributed by atoms with E-state index in [2.05, 4.69) is 0 Å². The minimum absolute atomic E-state index is 0.154. The average Bonchev–Trinajstić information content (AvgIpc) is 2.27. The zero-order chi connectivity index (χ0) is 9.97. The van der Waals surface area contributed by atoms with Crippen molar-refractivity contribution in [1.82, 2.24) is 4.90 Å². The van der Waals surface area contributed by atoms with Crippen LogP contribution in [0.25, 0.3) is 0 Å². The van der Waals surface area contributed by atoms with Crippen molar-refractivity contribution < 1.29 is 4.79 Å². The van der Waals surface area contributed by atoms with Gasteiger partial charge in [0.25, 0.3) is 0 Å². The van der Waals surface area contributed by atoms with Gasteiger partial charge in [0, 0.05) is 12.6 Å². The zero-order valence-electron chi connectivity index (χ0n) is 8.74. The van der Waals surface area contributed by atoms with E-state index >= 15 is 0 Å². The van der Waals surface area contributed by atoms with Crippen LogP contribution in [0, 0.1) is 5.92 Å². The van der Waals surface area contributed by atoms with Crippen molar-refractivity contribution in [2.24, 2.45) is 11.7 Å². The van der Waals surface area contributed by atoms with Crippen LogP contribution < -0.4 is 5.73 Å². The van der Waals surface area contributed by atoms with Gasteiger partial charge in [-0.05, 0) is 31.6 Å². The van der Waals surface area contributed by atoms with E-state index in [9.17, 15) is 4.79 Å². The summed E-state index contributed by atoms with van der Waals surface area (Å²) < 4.78 is 0. The van der Waals surface area contributed by atoms with Gasteiger partial charge in [0.05, 0.1) is 6.54 Å². The fourth-order valence-corrected chi connectivity index (χ4v) is 3.05. The predicted octanol–water partition coefficient (Wildman–Crippen LogP) is 1.13. The average molecular weight is 196 g/mol. The second kappa shape index (κ2) is 4.30. The molecule has 2 rings (SSSR count). The second-order valence-electron chi connectivity index (χ2n) is 4.55. The second-order valence-corrected chi connectivity index (χ2v) is 4.55. The van der Waals surface area contributed by atoms with Gasteiger partial charge in [-0.1, -0.05) is 12.8 Å². The summed E-state index contributed by atoms with van der Waals surface area (Å²) >= 11 is 0. The number of likely N-dealkylation sites (tertiary alicyclic amines) is 1. The maximum absolute atomic E-state index is 11.6. The molecule has 1 saturated carbocycles. The molecular formula is C11H20N2O. The summed E-state index contributed by atoms with van der Waals surface area (Å²) in [5.41, 5.74) is 5.43. The Labute approximate surface area is 85.6 Å². The van der Waals surface area contributed by atoms with Gasteiger partial charge in [-0.2, -0.15) is 0 Å². The van der Waals surface area contributed by atoms with Gasteiger partial charge in [0.15, 0.2) is 0 Å². The van der Waals surface area contributed by atoms with E-state index in [4.69, 9.17) is 5.73 Å². The van der Waals surface area contributed by atoms with E-state index in [0.717, 1.165) is 12.5 Å². The van der Waals surface area contributed by atoms with Crippen molar-refractivity contribution in [2.75, 3.05) is 13.1 Å². The van der Waals surface area contributed by atoms with Crippen molar-refractivity contribution in [1.29, 1.82) is 0 Å². The number of nitrogens with two attached hydrogens (primary N) is 1. The Morgan fingerprint density at radius 1 is 1.21 bits per heavy atom. The molecule has 2 aliphatic rings. The number of rotatable bonds is 1. The molecule has 14 heavy (non-hydrogen) atoms. The Morgan fingerprint density at radius 3 is 2.71 bits per heavy atom. The number of hydrogen-bond acceptors (Lipinski definition) is 2. The first kappa shape index (κ1) is 9.97. The van der Waals surface area contributed by atoms with Crippen molar-refractivity contribution in [3.05, 3.63) is 0 Å². The zero-order valence-corrected chi connectivity index (χ0v) is 8.74. The third kappa shape index (κ3) is 1.78. The molecule has 0 unspecified atom stereocenters. The van der Waals surface area contributed by atoms with Gasteiger partial charge in [0.2, 0.25) is 5.91 Å². The molecule has 1 heterocycles. The van der Waals surface area contributed by atoms with Crippen LogP contribution in [0.3, 0.4) is 0 Å². The molecule has 3 heteroatoms. The Morgan fingerprint density at radius 2 is 1.93 bits per heavy atom. The summed E-state index contributed by atoms with van der Waals surface area (Å²) in [5.74, 6) is 0.926. The van der Waals surface area contributed by atoms with Crippen LogP contribution >= 0.6 is 0 Å². The molecule has 0 radical (unpaired) electrons. The van der Waals surface area contributed by atoms with E-state index in [1.807, 2.05) is 4.90 Å². The van der Waals surface area contributed by atoms with Crippen LogP contribution in [-0.4, -0.2) is 29.9 Å². The van der Waals surface area contributed by atoms with Crippen LogP contribution in [0.5, 0.6) is 0 Å². The highest BCUT2D eigenvalue weighted by molar-refractivity contribution is 5.78. The lowest BCUT2D eigenvalue weighted by Gasteiger charge is -2.44. The van der Waals surface area contributed by atoms with Gasteiger partial charge in [0.1, 0.15) is 0 Å². The molecule has 1 amide bonds. The summed E-state index contributed by atoms with van der Waals surface area (Å²) in [6.45, 7) is 1.13. The molecule has 2 fully saturated rings. The molecule has 80 valence electrons. The molecule has 0 aromatic rings. The molecule has 0 spiro atoms. The Kier molecular flexibility index (Phi) is 3.06. The molecule has 0 bridgehead atoms. The van der Waals surface area contributed by atoms with Crippen LogP contribution in [0.4, 0.5) is 0 Å². The predicted molar refractivity (Wildman–Crippen MR) is 55.7 cm³/mol. The minimum Gasteiger partial charge on any atom is -0.338 e. The summed E-state index contributed by atoms with van der Waals surface area (Å²) in [4.78, 5) is 13.7. The Bertz CT molecular complexity index is 215. The lowest BCUT2D eigenvalue weighted by molar-refractivity contribution is -0.135. The van der Waals surface area contributed by atoms with Gasteiger partial charge < -0.3 is 10.6 Å². The monoisotopic (exact) mass is 196 g/mol. The van der Waals surface area contributed by atoms with Gasteiger partial charge in [-0.25, -0.2) is 0 Å². The largest absolute Gasteiger partial charge is 0.338 e. The third-order valence-electron chi connectivity index (χ3n) is 3.74. The molecule has 2 N–H and O–H groups in total. The van der Waals surface area contributed by atoms with Crippen molar-refractivity contribution >= 4 is 5.91 Å². The molecule has 1 aliphatic heterocycles. The van der Waals surface area contributed by atoms with Crippen molar-refractivity contribution in [2.45, 2.75) is 44.6 Å². The molecule has 3 nitrogen and oxygen atoms in total. The number of fused-ring (bicyclic) bond motifs is 1. The normalized spacial score (nSPS) is 32.5. The lowest BCUT2D eigenvalue weighted by atomic mass is 9.78. The highest BCUT2D eigenvalue weighted by Crippen LogP contribution is 2.35. The van der Waals surface area contributed by atoms with Gasteiger partial charge in [-0.3, -0.25) is 4.79 Å². The molecule has 0 aromatic heterocycles. The van der Waals surface area contributed by atoms with Crippen LogP contribution in [0.15, 0.2) is 0 Å². The molecule has 2 atom stereocenters. The Balaban J connectivity index is 2.04. The topological polar surface area (TPSA) is 46.3 Å². The maximum Gasteiger partial charge on any atom is 0.236 e. The van der Waals surface area contributed by atoms with Crippen molar-refractivity contribution in [3.63, 3.8) is 0 Å². The quantitative estimate of drug-likeness (QED) is 0.683. The van der Waals surface area contributed by atoms with E-state index in [-0.39, 0.29) is 12.5 Å². The molecular weight excluding hydrogens is 176 g/mol. The van der Waals surface area contributed by atoms with Crippen LogP contribution in [0.1, 0.15) is 38.5 Å². The van der Waals surface area contributed by atoms with E-state index < -0.39 is 0 Å². The number of carbonyl (C=O) groups is 1. The van der Waals surface area contributed by atoms with Gasteiger partial charge in [-0.15, -0.1) is 0 Å². The standard InChI is InChI=1S/C11H20N2O/c12-8-11(14)13-7-3-5-9-4-1-2-6-10(9)13/h9-10H,1-8,12H2/t9-,10-/m0/s1. The van der Waals surface area contributed by atoms with Crippen molar-refractivity contribution in [3.8, 4) is 0 Å². The number of piperidine rings is 1. The highest BCUT2D eigenvalue weighted by atomic mass is 16.2. The number of nitrogens with zero attached hydrogens (tertiary/aromatic N) is 1. The summed E-state index contributed by atoms with van der Waals surface area (Å²) in [5, 5.41) is 0. The number of amides is 1. The number of hydrogen-bond donors (Lipinski definition) is 1. The number of carbonyl (C=O) groups excluding carboxylic acids is 1. The fourth-order valence-electron chi connectivity index (χ4n) is 3.05. The SMILES string of the molecule is NCC(=O)N1CCC[C@@H]2CCCC[C@@H]21. The highest BCUT2D eigenvalue weighted by Gasteiger charge is 2.34. The maximum atomic E-state index is 11.6. The Hall–Kier alpha value is -0.570. The summed E-state index contributed by atoms with van der Waals surface area (Å²) in [6, 6.07) is 0.522. The minimum atomic E-state index is 0.154. The lowest BCUT2D eigenvalue weighted by Crippen LogP contribution is -2.51. The van der Waals surface area contributed by atoms with E-state index in [1.165, 1.54) is 38.5 Å². The first-order valence-corrected chi connectivity index (χ1v) is 5.82. The molecule has 1 saturated heterocycles. The summed E-state index contributed by atoms with van der Waals surface area (Å²) in [7, 11) is 0. The van der Waals surface area contributed by atoms with Gasteiger partial charge >= 0.3 is 0 Å². The molecule has 0 aromatic carbocycles. The third-order valence-corrected chi connectivity index (χ3v) is 3.74. The molecule has 1 aliphatic carbocycles. The first-order valence-electron chi connectivity index (χ1n) is 5.82. The first-order chi connectivity index (χ1) is 6.83. The summed E-state index contributed by atoms with van der Waals surface area (Å²) in [6.07, 6.45) is 7.66. The van der Waals surface area contributed by atoms with E-state index in [0.29, 0.717) is 6.04 Å². The van der Waals surface area contributed by atoms with Crippen LogP contribution in [0.2, 0.25) is 0 Å². The van der Waals surface area contributed by atoms with Crippen LogP contribution in [-0.2, 0) is 4.79 Å². The smallest absolute Gasteiger partial charge is 0.236 e. The van der Waals surface area contributed by atoms with E-state index in [1.54, 1.807) is 0 Å².